The van der Waals surface area contributed by atoms with Gasteiger partial charge in [0.25, 0.3) is 0 Å². The van der Waals surface area contributed by atoms with E-state index < -0.39 is 0 Å². The number of guanidine groups is 1. The lowest BCUT2D eigenvalue weighted by atomic mass is 10.2. The Morgan fingerprint density at radius 3 is 2.50 bits per heavy atom. The lowest BCUT2D eigenvalue weighted by Gasteiger charge is -2.37. The molecule has 1 aliphatic rings. The number of pyridine rings is 1. The van der Waals surface area contributed by atoms with Crippen molar-refractivity contribution in [2.24, 2.45) is 4.99 Å². The predicted octanol–water partition coefficient (Wildman–Crippen LogP) is 3.01. The van der Waals surface area contributed by atoms with E-state index in [-0.39, 0.29) is 24.0 Å². The number of aliphatic imine (C=N–C) groups is 1. The van der Waals surface area contributed by atoms with Crippen LogP contribution >= 0.6 is 24.0 Å². The highest BCUT2D eigenvalue weighted by molar-refractivity contribution is 14.0. The van der Waals surface area contributed by atoms with Crippen LogP contribution in [0.5, 0.6) is 5.75 Å². The summed E-state index contributed by atoms with van der Waals surface area (Å²) in [5, 5.41) is 3.45. The molecule has 7 nitrogen and oxygen atoms in total. The Balaban J connectivity index is 0.00000320. The van der Waals surface area contributed by atoms with Crippen molar-refractivity contribution >= 4 is 35.8 Å². The van der Waals surface area contributed by atoms with Crippen LogP contribution < -0.4 is 15.0 Å². The van der Waals surface area contributed by atoms with Crippen molar-refractivity contribution in [1.29, 1.82) is 0 Å². The maximum atomic E-state index is 5.77. The average molecular weight is 525 g/mol. The summed E-state index contributed by atoms with van der Waals surface area (Å²) in [6, 6.07) is 14.0. The minimum absolute atomic E-state index is 0. The molecule has 2 heterocycles. The minimum atomic E-state index is 0. The van der Waals surface area contributed by atoms with Crippen LogP contribution in [0.4, 0.5) is 5.82 Å². The SMILES string of the molecule is CN=C(NCCCOCc1ccc(OC)cc1)N1CCN(c2ccccn2)CC1.I. The molecule has 1 N–H and O–H groups in total. The summed E-state index contributed by atoms with van der Waals surface area (Å²) >= 11 is 0. The molecule has 0 aliphatic carbocycles. The number of halogens is 1. The van der Waals surface area contributed by atoms with Gasteiger partial charge in [-0.2, -0.15) is 0 Å². The van der Waals surface area contributed by atoms with Crippen molar-refractivity contribution in [2.45, 2.75) is 13.0 Å². The molecule has 1 saturated heterocycles. The number of hydrogen-bond donors (Lipinski definition) is 1. The standard InChI is InChI=1S/C22H31N5O2.HI/c1-23-22(27-15-13-26(14-16-27)21-6-3-4-11-24-21)25-12-5-17-29-18-19-7-9-20(28-2)10-8-19;/h3-4,6-11H,5,12-18H2,1-2H3,(H,23,25);1H. The topological polar surface area (TPSA) is 62.2 Å². The van der Waals surface area contributed by atoms with Crippen LogP contribution in [0.1, 0.15) is 12.0 Å². The highest BCUT2D eigenvalue weighted by atomic mass is 127. The zero-order valence-corrected chi connectivity index (χ0v) is 20.1. The Morgan fingerprint density at radius 1 is 1.10 bits per heavy atom. The number of ether oxygens (including phenoxy) is 2. The Bertz CT molecular complexity index is 750. The van der Waals surface area contributed by atoms with E-state index in [1.807, 2.05) is 49.6 Å². The van der Waals surface area contributed by atoms with E-state index in [1.54, 1.807) is 7.11 Å². The summed E-state index contributed by atoms with van der Waals surface area (Å²) in [4.78, 5) is 13.5. The number of anilines is 1. The van der Waals surface area contributed by atoms with Gasteiger partial charge in [0.2, 0.25) is 0 Å². The van der Waals surface area contributed by atoms with Crippen molar-refractivity contribution in [3.05, 3.63) is 54.2 Å². The maximum absolute atomic E-state index is 5.77. The molecule has 30 heavy (non-hydrogen) atoms. The van der Waals surface area contributed by atoms with Gasteiger partial charge in [0.1, 0.15) is 11.6 Å². The number of hydrogen-bond acceptors (Lipinski definition) is 5. The number of piperazine rings is 1. The van der Waals surface area contributed by atoms with Crippen molar-refractivity contribution in [2.75, 3.05) is 58.4 Å². The summed E-state index contributed by atoms with van der Waals surface area (Å²) < 4.78 is 10.9. The number of benzene rings is 1. The van der Waals surface area contributed by atoms with Gasteiger partial charge in [0, 0.05) is 52.6 Å². The Kier molecular flexibility index (Phi) is 10.7. The Morgan fingerprint density at radius 2 is 1.87 bits per heavy atom. The molecular formula is C22H32IN5O2. The van der Waals surface area contributed by atoms with Gasteiger partial charge >= 0.3 is 0 Å². The summed E-state index contributed by atoms with van der Waals surface area (Å²) in [7, 11) is 3.51. The number of nitrogens with zero attached hydrogens (tertiary/aromatic N) is 4. The highest BCUT2D eigenvalue weighted by Gasteiger charge is 2.20. The quantitative estimate of drug-likeness (QED) is 0.248. The van der Waals surface area contributed by atoms with Gasteiger partial charge in [-0.15, -0.1) is 24.0 Å². The lowest BCUT2D eigenvalue weighted by Crippen LogP contribution is -2.52. The third-order valence-electron chi connectivity index (χ3n) is 4.94. The van der Waals surface area contributed by atoms with Gasteiger partial charge in [-0.25, -0.2) is 4.98 Å². The molecule has 3 rings (SSSR count). The second-order valence-electron chi connectivity index (χ2n) is 6.89. The molecule has 1 aromatic heterocycles. The van der Waals surface area contributed by atoms with Crippen molar-refractivity contribution in [1.82, 2.24) is 15.2 Å². The van der Waals surface area contributed by atoms with E-state index in [9.17, 15) is 0 Å². The first-order chi connectivity index (χ1) is 14.3. The van der Waals surface area contributed by atoms with Crippen LogP contribution in [0.15, 0.2) is 53.7 Å². The summed E-state index contributed by atoms with van der Waals surface area (Å²) in [5.74, 6) is 2.87. The number of nitrogens with one attached hydrogen (secondary N) is 1. The zero-order valence-electron chi connectivity index (χ0n) is 17.8. The average Bonchev–Trinajstić information content (AvgIpc) is 2.80. The van der Waals surface area contributed by atoms with Crippen LogP contribution in [0.2, 0.25) is 0 Å². The van der Waals surface area contributed by atoms with E-state index in [4.69, 9.17) is 9.47 Å². The summed E-state index contributed by atoms with van der Waals surface area (Å²) in [6.07, 6.45) is 2.78. The second-order valence-corrected chi connectivity index (χ2v) is 6.89. The van der Waals surface area contributed by atoms with Crippen LogP contribution in [0, 0.1) is 0 Å². The second kappa shape index (κ2) is 13.3. The van der Waals surface area contributed by atoms with Gasteiger partial charge in [-0.3, -0.25) is 4.99 Å². The third kappa shape index (κ3) is 7.32. The molecule has 1 aromatic carbocycles. The molecule has 0 bridgehead atoms. The molecular weight excluding hydrogens is 493 g/mol. The molecule has 0 atom stereocenters. The van der Waals surface area contributed by atoms with Gasteiger partial charge in [-0.1, -0.05) is 18.2 Å². The Hall–Kier alpha value is -2.07. The van der Waals surface area contributed by atoms with Gasteiger partial charge in [0.05, 0.1) is 13.7 Å². The molecule has 0 saturated carbocycles. The van der Waals surface area contributed by atoms with Crippen molar-refractivity contribution in [3.63, 3.8) is 0 Å². The van der Waals surface area contributed by atoms with Crippen molar-refractivity contribution < 1.29 is 9.47 Å². The fraction of sp³-hybridized carbons (Fsp3) is 0.455. The third-order valence-corrected chi connectivity index (χ3v) is 4.94. The fourth-order valence-electron chi connectivity index (χ4n) is 3.31. The number of aromatic nitrogens is 1. The van der Waals surface area contributed by atoms with E-state index in [0.717, 1.165) is 62.2 Å². The molecule has 8 heteroatoms. The summed E-state index contributed by atoms with van der Waals surface area (Å²) in [6.45, 7) is 5.94. The largest absolute Gasteiger partial charge is 0.497 e. The van der Waals surface area contributed by atoms with Gasteiger partial charge in [-0.05, 0) is 36.2 Å². The highest BCUT2D eigenvalue weighted by Crippen LogP contribution is 2.13. The lowest BCUT2D eigenvalue weighted by molar-refractivity contribution is 0.119. The summed E-state index contributed by atoms with van der Waals surface area (Å²) in [5.41, 5.74) is 1.15. The molecule has 164 valence electrons. The van der Waals surface area contributed by atoms with Crippen molar-refractivity contribution in [3.8, 4) is 5.75 Å². The van der Waals surface area contributed by atoms with E-state index in [2.05, 4.69) is 31.2 Å². The van der Waals surface area contributed by atoms with Gasteiger partial charge < -0.3 is 24.6 Å². The molecule has 2 aromatic rings. The van der Waals surface area contributed by atoms with Gasteiger partial charge in [0.15, 0.2) is 5.96 Å². The molecule has 0 unspecified atom stereocenters. The number of rotatable bonds is 8. The monoisotopic (exact) mass is 525 g/mol. The molecule has 0 amide bonds. The minimum Gasteiger partial charge on any atom is -0.497 e. The van der Waals surface area contributed by atoms with Crippen LogP contribution in [0.3, 0.4) is 0 Å². The van der Waals surface area contributed by atoms with Crippen LogP contribution in [0.25, 0.3) is 0 Å². The van der Waals surface area contributed by atoms with E-state index in [0.29, 0.717) is 13.2 Å². The van der Waals surface area contributed by atoms with Crippen LogP contribution in [-0.2, 0) is 11.3 Å². The molecule has 1 aliphatic heterocycles. The normalized spacial score (nSPS) is 14.3. The van der Waals surface area contributed by atoms with Crippen LogP contribution in [-0.4, -0.2) is 69.3 Å². The fourth-order valence-corrected chi connectivity index (χ4v) is 3.31. The molecule has 1 fully saturated rings. The molecule has 0 spiro atoms. The first-order valence-corrected chi connectivity index (χ1v) is 10.1. The van der Waals surface area contributed by atoms with E-state index in [1.165, 1.54) is 0 Å². The zero-order chi connectivity index (χ0) is 20.3. The van der Waals surface area contributed by atoms with E-state index >= 15 is 0 Å². The predicted molar refractivity (Wildman–Crippen MR) is 132 cm³/mol. The first-order valence-electron chi connectivity index (χ1n) is 10.1. The first kappa shape index (κ1) is 24.2. The smallest absolute Gasteiger partial charge is 0.193 e. The maximum Gasteiger partial charge on any atom is 0.193 e. The number of methoxy groups -OCH3 is 1. The molecule has 0 radical (unpaired) electrons. The Labute approximate surface area is 196 Å².